The Balaban J connectivity index is 2.25. The molecule has 1 aromatic carbocycles. The van der Waals surface area contributed by atoms with Crippen molar-refractivity contribution in [3.8, 4) is 6.07 Å². The van der Waals surface area contributed by atoms with E-state index in [4.69, 9.17) is 5.26 Å². The SMILES string of the molecule is CCN(CC1CCNCC1)S(=O)(=O)c1ccccc1C#N. The number of rotatable bonds is 5. The molecular weight excluding hydrogens is 286 g/mol. The third kappa shape index (κ3) is 3.62. The van der Waals surface area contributed by atoms with Gasteiger partial charge in [-0.2, -0.15) is 9.57 Å². The molecule has 0 radical (unpaired) electrons. The minimum Gasteiger partial charge on any atom is -0.317 e. The van der Waals surface area contributed by atoms with Gasteiger partial charge in [-0.05, 0) is 44.0 Å². The molecule has 0 spiro atoms. The van der Waals surface area contributed by atoms with Crippen molar-refractivity contribution in [3.63, 3.8) is 0 Å². The van der Waals surface area contributed by atoms with Gasteiger partial charge in [0.2, 0.25) is 10.0 Å². The maximum absolute atomic E-state index is 12.8. The predicted molar refractivity (Wildman–Crippen MR) is 81.2 cm³/mol. The van der Waals surface area contributed by atoms with E-state index in [9.17, 15) is 8.42 Å². The topological polar surface area (TPSA) is 73.2 Å². The van der Waals surface area contributed by atoms with E-state index in [1.54, 1.807) is 18.2 Å². The molecule has 114 valence electrons. The third-order valence-corrected chi connectivity index (χ3v) is 5.90. The second kappa shape index (κ2) is 7.03. The highest BCUT2D eigenvalue weighted by molar-refractivity contribution is 7.89. The molecule has 2 rings (SSSR count). The second-order valence-corrected chi connectivity index (χ2v) is 7.16. The molecule has 21 heavy (non-hydrogen) atoms. The summed E-state index contributed by atoms with van der Waals surface area (Å²) in [6.07, 6.45) is 1.98. The normalized spacial score (nSPS) is 16.8. The van der Waals surface area contributed by atoms with Crippen molar-refractivity contribution < 1.29 is 8.42 Å². The zero-order chi connectivity index (χ0) is 15.3. The lowest BCUT2D eigenvalue weighted by molar-refractivity contribution is 0.294. The summed E-state index contributed by atoms with van der Waals surface area (Å²) in [5.41, 5.74) is 0.210. The average molecular weight is 307 g/mol. The standard InChI is InChI=1S/C15H21N3O2S/c1-2-18(12-13-7-9-17-10-8-13)21(19,20)15-6-4-3-5-14(15)11-16/h3-6,13,17H,2,7-10,12H2,1H3. The summed E-state index contributed by atoms with van der Waals surface area (Å²) in [7, 11) is -3.60. The van der Waals surface area contributed by atoms with E-state index in [0.717, 1.165) is 25.9 Å². The number of benzene rings is 1. The summed E-state index contributed by atoms with van der Waals surface area (Å²) in [6.45, 7) is 4.67. The Hall–Kier alpha value is -1.42. The molecule has 1 N–H and O–H groups in total. The lowest BCUT2D eigenvalue weighted by Crippen LogP contribution is -2.39. The molecule has 5 nitrogen and oxygen atoms in total. The van der Waals surface area contributed by atoms with E-state index in [0.29, 0.717) is 19.0 Å². The van der Waals surface area contributed by atoms with E-state index in [1.165, 1.54) is 10.4 Å². The van der Waals surface area contributed by atoms with E-state index >= 15 is 0 Å². The predicted octanol–water partition coefficient (Wildman–Crippen LogP) is 1.57. The van der Waals surface area contributed by atoms with Crippen LogP contribution < -0.4 is 5.32 Å². The lowest BCUT2D eigenvalue weighted by atomic mass is 9.98. The molecule has 1 aliphatic heterocycles. The fourth-order valence-electron chi connectivity index (χ4n) is 2.67. The summed E-state index contributed by atoms with van der Waals surface area (Å²) in [6, 6.07) is 8.37. The smallest absolute Gasteiger partial charge is 0.244 e. The fraction of sp³-hybridized carbons (Fsp3) is 0.533. The molecule has 1 fully saturated rings. The number of hydrogen-bond acceptors (Lipinski definition) is 4. The largest absolute Gasteiger partial charge is 0.317 e. The minimum absolute atomic E-state index is 0.114. The Bertz CT molecular complexity index is 616. The first-order valence-corrected chi connectivity index (χ1v) is 8.73. The highest BCUT2D eigenvalue weighted by Crippen LogP contribution is 2.22. The van der Waals surface area contributed by atoms with Crippen molar-refractivity contribution in [1.82, 2.24) is 9.62 Å². The van der Waals surface area contributed by atoms with Gasteiger partial charge in [0.05, 0.1) is 10.5 Å². The quantitative estimate of drug-likeness (QED) is 0.896. The summed E-state index contributed by atoms with van der Waals surface area (Å²) in [4.78, 5) is 0.114. The lowest BCUT2D eigenvalue weighted by Gasteiger charge is -2.29. The van der Waals surface area contributed by atoms with Crippen LogP contribution in [0.5, 0.6) is 0 Å². The monoisotopic (exact) mass is 307 g/mol. The van der Waals surface area contributed by atoms with Crippen LogP contribution >= 0.6 is 0 Å². The Morgan fingerprint density at radius 2 is 2.00 bits per heavy atom. The van der Waals surface area contributed by atoms with Crippen LogP contribution in [0.15, 0.2) is 29.2 Å². The van der Waals surface area contributed by atoms with Crippen molar-refractivity contribution in [3.05, 3.63) is 29.8 Å². The molecule has 0 saturated carbocycles. The van der Waals surface area contributed by atoms with Gasteiger partial charge < -0.3 is 5.32 Å². The summed E-state index contributed by atoms with van der Waals surface area (Å²) >= 11 is 0. The molecule has 0 atom stereocenters. The first-order chi connectivity index (χ1) is 10.1. The molecule has 0 aliphatic carbocycles. The fourth-order valence-corrected chi connectivity index (χ4v) is 4.34. The third-order valence-electron chi connectivity index (χ3n) is 3.90. The van der Waals surface area contributed by atoms with Gasteiger partial charge in [0, 0.05) is 13.1 Å². The number of sulfonamides is 1. The summed E-state index contributed by atoms with van der Waals surface area (Å²) in [5, 5.41) is 12.4. The Morgan fingerprint density at radius 1 is 1.33 bits per heavy atom. The molecule has 1 aliphatic rings. The zero-order valence-electron chi connectivity index (χ0n) is 12.2. The van der Waals surface area contributed by atoms with Gasteiger partial charge in [-0.15, -0.1) is 0 Å². The summed E-state index contributed by atoms with van der Waals surface area (Å²) < 4.78 is 27.1. The van der Waals surface area contributed by atoms with Crippen LogP contribution in [0, 0.1) is 17.2 Å². The van der Waals surface area contributed by atoms with Crippen molar-refractivity contribution in [2.24, 2.45) is 5.92 Å². The maximum atomic E-state index is 12.8. The molecule has 0 aromatic heterocycles. The molecular formula is C15H21N3O2S. The first kappa shape index (κ1) is 16.0. The van der Waals surface area contributed by atoms with E-state index in [1.807, 2.05) is 13.0 Å². The molecule has 0 bridgehead atoms. The number of nitrogens with one attached hydrogen (secondary N) is 1. The van der Waals surface area contributed by atoms with Crippen molar-refractivity contribution >= 4 is 10.0 Å². The van der Waals surface area contributed by atoms with Crippen molar-refractivity contribution in [1.29, 1.82) is 5.26 Å². The van der Waals surface area contributed by atoms with Gasteiger partial charge in [-0.3, -0.25) is 0 Å². The van der Waals surface area contributed by atoms with E-state index in [-0.39, 0.29) is 10.5 Å². The van der Waals surface area contributed by atoms with Crippen LogP contribution in [0.25, 0.3) is 0 Å². The number of hydrogen-bond donors (Lipinski definition) is 1. The van der Waals surface area contributed by atoms with Crippen molar-refractivity contribution in [2.45, 2.75) is 24.7 Å². The molecule has 6 heteroatoms. The van der Waals surface area contributed by atoms with Gasteiger partial charge in [-0.25, -0.2) is 8.42 Å². The number of nitriles is 1. The van der Waals surface area contributed by atoms with Gasteiger partial charge >= 0.3 is 0 Å². The average Bonchev–Trinajstić information content (AvgIpc) is 2.53. The first-order valence-electron chi connectivity index (χ1n) is 7.29. The Kier molecular flexibility index (Phi) is 5.34. The minimum atomic E-state index is -3.60. The molecule has 1 saturated heterocycles. The van der Waals surface area contributed by atoms with Crippen LogP contribution in [0.4, 0.5) is 0 Å². The molecule has 0 unspecified atom stereocenters. The van der Waals surface area contributed by atoms with Gasteiger partial charge in [0.1, 0.15) is 6.07 Å². The molecule has 1 heterocycles. The van der Waals surface area contributed by atoms with Crippen LogP contribution in [0.3, 0.4) is 0 Å². The molecule has 0 amide bonds. The zero-order valence-corrected chi connectivity index (χ0v) is 13.1. The second-order valence-electron chi connectivity index (χ2n) is 5.26. The number of nitrogens with zero attached hydrogens (tertiary/aromatic N) is 2. The maximum Gasteiger partial charge on any atom is 0.244 e. The van der Waals surface area contributed by atoms with Gasteiger partial charge in [-0.1, -0.05) is 19.1 Å². The van der Waals surface area contributed by atoms with Crippen LogP contribution in [0.2, 0.25) is 0 Å². The van der Waals surface area contributed by atoms with E-state index < -0.39 is 10.0 Å². The summed E-state index contributed by atoms with van der Waals surface area (Å²) in [5.74, 6) is 0.384. The Morgan fingerprint density at radius 3 is 2.62 bits per heavy atom. The van der Waals surface area contributed by atoms with Crippen molar-refractivity contribution in [2.75, 3.05) is 26.2 Å². The molecule has 1 aromatic rings. The number of piperidine rings is 1. The van der Waals surface area contributed by atoms with Gasteiger partial charge in [0.25, 0.3) is 0 Å². The highest BCUT2D eigenvalue weighted by atomic mass is 32.2. The highest BCUT2D eigenvalue weighted by Gasteiger charge is 2.28. The van der Waals surface area contributed by atoms with Crippen LogP contribution in [-0.2, 0) is 10.0 Å². The Labute approximate surface area is 126 Å². The van der Waals surface area contributed by atoms with Gasteiger partial charge in [0.15, 0.2) is 0 Å². The van der Waals surface area contributed by atoms with E-state index in [2.05, 4.69) is 5.32 Å². The van der Waals surface area contributed by atoms with Crippen LogP contribution in [-0.4, -0.2) is 38.9 Å². The van der Waals surface area contributed by atoms with Crippen LogP contribution in [0.1, 0.15) is 25.3 Å².